The average molecular weight is 298 g/mol. The van der Waals surface area contributed by atoms with Crippen LogP contribution >= 0.6 is 0 Å². The van der Waals surface area contributed by atoms with Gasteiger partial charge in [-0.2, -0.15) is 0 Å². The second-order valence-electron chi connectivity index (χ2n) is 5.02. The van der Waals surface area contributed by atoms with Gasteiger partial charge in [0.15, 0.2) is 0 Å². The Labute approximate surface area is 120 Å². The fraction of sp³-hybridized carbons (Fsp3) is 0.571. The highest BCUT2D eigenvalue weighted by molar-refractivity contribution is 7.93. The van der Waals surface area contributed by atoms with Crippen molar-refractivity contribution in [2.75, 3.05) is 29.8 Å². The van der Waals surface area contributed by atoms with Crippen molar-refractivity contribution in [2.45, 2.75) is 31.4 Å². The maximum absolute atomic E-state index is 12.8. The number of nitrogens with zero attached hydrogens (tertiary/aromatic N) is 1. The van der Waals surface area contributed by atoms with E-state index in [9.17, 15) is 8.42 Å². The van der Waals surface area contributed by atoms with E-state index in [0.29, 0.717) is 44.0 Å². The summed E-state index contributed by atoms with van der Waals surface area (Å²) in [4.78, 5) is 0. The Morgan fingerprint density at radius 3 is 2.65 bits per heavy atom. The summed E-state index contributed by atoms with van der Waals surface area (Å²) in [5, 5.41) is -0.357. The first-order valence-electron chi connectivity index (χ1n) is 7.00. The molecule has 1 aromatic carbocycles. The monoisotopic (exact) mass is 298 g/mol. The van der Waals surface area contributed by atoms with Crippen LogP contribution in [0.5, 0.6) is 0 Å². The molecule has 1 heterocycles. The summed E-state index contributed by atoms with van der Waals surface area (Å²) in [5.74, 6) is 0. The summed E-state index contributed by atoms with van der Waals surface area (Å²) in [7, 11) is -3.36. The Kier molecular flexibility index (Phi) is 4.88. The lowest BCUT2D eigenvalue weighted by Gasteiger charge is -2.31. The molecule has 0 saturated carbocycles. The van der Waals surface area contributed by atoms with Crippen LogP contribution in [-0.4, -0.2) is 33.4 Å². The molecule has 0 atom stereocenters. The molecule has 0 amide bonds. The molecule has 0 unspecified atom stereocenters. The molecule has 20 heavy (non-hydrogen) atoms. The van der Waals surface area contributed by atoms with E-state index in [1.165, 1.54) is 4.31 Å². The van der Waals surface area contributed by atoms with Crippen LogP contribution in [0.15, 0.2) is 24.3 Å². The number of hydrogen-bond donors (Lipinski definition) is 1. The van der Waals surface area contributed by atoms with E-state index >= 15 is 0 Å². The van der Waals surface area contributed by atoms with Gasteiger partial charge >= 0.3 is 0 Å². The molecular formula is C14H22N2O3S. The van der Waals surface area contributed by atoms with Gasteiger partial charge in [0.1, 0.15) is 0 Å². The van der Waals surface area contributed by atoms with E-state index in [4.69, 9.17) is 10.5 Å². The lowest BCUT2D eigenvalue weighted by atomic mass is 10.2. The lowest BCUT2D eigenvalue weighted by Crippen LogP contribution is -2.42. The van der Waals surface area contributed by atoms with Crippen LogP contribution in [0.2, 0.25) is 0 Å². The number of hydrogen-bond acceptors (Lipinski definition) is 4. The van der Waals surface area contributed by atoms with Gasteiger partial charge in [-0.25, -0.2) is 8.42 Å². The van der Waals surface area contributed by atoms with Gasteiger partial charge < -0.3 is 10.5 Å². The van der Waals surface area contributed by atoms with Gasteiger partial charge in [-0.3, -0.25) is 4.31 Å². The van der Waals surface area contributed by atoms with Crippen LogP contribution in [0.4, 0.5) is 11.4 Å². The molecule has 0 radical (unpaired) electrons. The van der Waals surface area contributed by atoms with Gasteiger partial charge in [0.05, 0.1) is 10.9 Å². The summed E-state index contributed by atoms with van der Waals surface area (Å²) in [6.07, 6.45) is 1.88. The van der Waals surface area contributed by atoms with Gasteiger partial charge in [0.2, 0.25) is 10.0 Å². The van der Waals surface area contributed by atoms with Crippen molar-refractivity contribution >= 4 is 21.4 Å². The van der Waals surface area contributed by atoms with E-state index in [2.05, 4.69) is 0 Å². The molecule has 0 aliphatic carbocycles. The number of rotatable bonds is 5. The average Bonchev–Trinajstić information content (AvgIpc) is 2.45. The quantitative estimate of drug-likeness (QED) is 0.844. The Morgan fingerprint density at radius 2 is 2.05 bits per heavy atom. The maximum Gasteiger partial charge on any atom is 0.238 e. The molecule has 1 aliphatic heterocycles. The summed E-state index contributed by atoms with van der Waals surface area (Å²) >= 11 is 0. The Morgan fingerprint density at radius 1 is 1.35 bits per heavy atom. The smallest absolute Gasteiger partial charge is 0.238 e. The van der Waals surface area contributed by atoms with Gasteiger partial charge in [0.25, 0.3) is 0 Å². The number of nitrogens with two attached hydrogens (primary N) is 1. The third kappa shape index (κ3) is 3.24. The zero-order chi connectivity index (χ0) is 14.6. The lowest BCUT2D eigenvalue weighted by molar-refractivity contribution is 0.0983. The topological polar surface area (TPSA) is 72.6 Å². The van der Waals surface area contributed by atoms with Crippen LogP contribution < -0.4 is 10.0 Å². The third-order valence-electron chi connectivity index (χ3n) is 3.48. The standard InChI is InChI=1S/C14H22N2O3S/c1-2-8-16(13-5-3-4-12(15)11-13)20(17,18)14-6-9-19-10-7-14/h3-5,11,14H,2,6-10,15H2,1H3. The van der Waals surface area contributed by atoms with E-state index < -0.39 is 10.0 Å². The van der Waals surface area contributed by atoms with E-state index in [1.54, 1.807) is 24.3 Å². The number of benzene rings is 1. The van der Waals surface area contributed by atoms with Crippen molar-refractivity contribution in [2.24, 2.45) is 0 Å². The summed E-state index contributed by atoms with van der Waals surface area (Å²) < 4.78 is 32.4. The van der Waals surface area contributed by atoms with Crippen LogP contribution in [0.25, 0.3) is 0 Å². The zero-order valence-electron chi connectivity index (χ0n) is 11.8. The number of nitrogen functional groups attached to an aromatic ring is 1. The van der Waals surface area contributed by atoms with Crippen molar-refractivity contribution in [3.05, 3.63) is 24.3 Å². The SMILES string of the molecule is CCCN(c1cccc(N)c1)S(=O)(=O)C1CCOCC1. The van der Waals surface area contributed by atoms with Crippen LogP contribution in [0.1, 0.15) is 26.2 Å². The highest BCUT2D eigenvalue weighted by atomic mass is 32.2. The van der Waals surface area contributed by atoms with Gasteiger partial charge in [-0.05, 0) is 37.5 Å². The molecule has 1 aromatic rings. The van der Waals surface area contributed by atoms with Gasteiger partial charge in [-0.15, -0.1) is 0 Å². The minimum absolute atomic E-state index is 0.357. The second kappa shape index (κ2) is 6.45. The zero-order valence-corrected chi connectivity index (χ0v) is 12.6. The van der Waals surface area contributed by atoms with Crippen LogP contribution in [0, 0.1) is 0 Å². The Bertz CT molecular complexity index is 539. The molecule has 2 rings (SSSR count). The minimum atomic E-state index is -3.36. The second-order valence-corrected chi connectivity index (χ2v) is 7.16. The molecule has 1 fully saturated rings. The first kappa shape index (κ1) is 15.1. The summed E-state index contributed by atoms with van der Waals surface area (Å²) in [6, 6.07) is 7.05. The number of anilines is 2. The van der Waals surface area contributed by atoms with Gasteiger partial charge in [0, 0.05) is 25.4 Å². The first-order chi connectivity index (χ1) is 9.55. The van der Waals surface area contributed by atoms with Crippen LogP contribution in [-0.2, 0) is 14.8 Å². The molecule has 1 saturated heterocycles. The molecule has 0 spiro atoms. The normalized spacial score (nSPS) is 17.1. The predicted molar refractivity (Wildman–Crippen MR) is 81.3 cm³/mol. The molecule has 0 bridgehead atoms. The maximum atomic E-state index is 12.8. The molecule has 112 valence electrons. The predicted octanol–water partition coefficient (Wildman–Crippen LogP) is 1.99. The molecule has 0 aromatic heterocycles. The van der Waals surface area contributed by atoms with E-state index in [1.807, 2.05) is 6.92 Å². The molecule has 5 nitrogen and oxygen atoms in total. The summed E-state index contributed by atoms with van der Waals surface area (Å²) in [6.45, 7) is 3.48. The molecular weight excluding hydrogens is 276 g/mol. The largest absolute Gasteiger partial charge is 0.399 e. The Balaban J connectivity index is 2.31. The van der Waals surface area contributed by atoms with E-state index in [0.717, 1.165) is 6.42 Å². The highest BCUT2D eigenvalue weighted by Crippen LogP contribution is 2.27. The van der Waals surface area contributed by atoms with Crippen molar-refractivity contribution in [3.8, 4) is 0 Å². The minimum Gasteiger partial charge on any atom is -0.399 e. The third-order valence-corrected chi connectivity index (χ3v) is 5.80. The fourth-order valence-electron chi connectivity index (χ4n) is 2.44. The number of ether oxygens (including phenoxy) is 1. The first-order valence-corrected chi connectivity index (χ1v) is 8.51. The van der Waals surface area contributed by atoms with E-state index in [-0.39, 0.29) is 5.25 Å². The number of sulfonamides is 1. The van der Waals surface area contributed by atoms with Crippen molar-refractivity contribution in [3.63, 3.8) is 0 Å². The summed E-state index contributed by atoms with van der Waals surface area (Å²) in [5.41, 5.74) is 7.00. The molecule has 2 N–H and O–H groups in total. The Hall–Kier alpha value is -1.27. The fourth-order valence-corrected chi connectivity index (χ4v) is 4.43. The van der Waals surface area contributed by atoms with Crippen LogP contribution in [0.3, 0.4) is 0 Å². The van der Waals surface area contributed by atoms with Crippen molar-refractivity contribution in [1.29, 1.82) is 0 Å². The molecule has 6 heteroatoms. The van der Waals surface area contributed by atoms with Crippen molar-refractivity contribution in [1.82, 2.24) is 0 Å². The highest BCUT2D eigenvalue weighted by Gasteiger charge is 2.33. The van der Waals surface area contributed by atoms with Gasteiger partial charge in [-0.1, -0.05) is 13.0 Å². The van der Waals surface area contributed by atoms with Crippen molar-refractivity contribution < 1.29 is 13.2 Å². The molecule has 1 aliphatic rings.